The molecule has 45 heavy (non-hydrogen) atoms. The predicted octanol–water partition coefficient (Wildman–Crippen LogP) is 7.44. The van der Waals surface area contributed by atoms with Gasteiger partial charge in [0.05, 0.1) is 0 Å². The first kappa shape index (κ1) is 32.6. The maximum Gasteiger partial charge on any atom is 0.260 e. The Morgan fingerprint density at radius 1 is 0.889 bits per heavy atom. The van der Waals surface area contributed by atoms with Gasteiger partial charge in [-0.25, -0.2) is 4.39 Å². The second-order valence-corrected chi connectivity index (χ2v) is 13.9. The zero-order valence-electron chi connectivity index (χ0n) is 28.1. The van der Waals surface area contributed by atoms with E-state index in [0.717, 1.165) is 53.8 Å². The molecular formula is C37H48FN5O2. The molecule has 240 valence electrons. The minimum absolute atomic E-state index is 0.00887. The highest BCUT2D eigenvalue weighted by Crippen LogP contribution is 2.42. The van der Waals surface area contributed by atoms with Gasteiger partial charge in [0, 0.05) is 37.3 Å². The number of piperazine rings is 1. The Bertz CT molecular complexity index is 1610. The summed E-state index contributed by atoms with van der Waals surface area (Å²) in [7, 11) is 0. The number of carbonyl (C=O) groups is 1. The van der Waals surface area contributed by atoms with Gasteiger partial charge in [-0.3, -0.25) is 9.69 Å². The Balaban J connectivity index is 1.45. The summed E-state index contributed by atoms with van der Waals surface area (Å²) in [6.07, 6.45) is 1.86. The lowest BCUT2D eigenvalue weighted by Gasteiger charge is -2.44. The number of carbonyl (C=O) groups excluding carboxylic acids is 1. The molecule has 0 bridgehead atoms. The van der Waals surface area contributed by atoms with Crippen LogP contribution in [0.15, 0.2) is 60.7 Å². The highest BCUT2D eigenvalue weighted by atomic mass is 19.1. The third-order valence-electron chi connectivity index (χ3n) is 9.92. The number of hydrogen-bond donors (Lipinski definition) is 0. The van der Waals surface area contributed by atoms with Crippen molar-refractivity contribution < 1.29 is 13.9 Å². The van der Waals surface area contributed by atoms with E-state index >= 15 is 0 Å². The largest absolute Gasteiger partial charge is 0.481 e. The summed E-state index contributed by atoms with van der Waals surface area (Å²) >= 11 is 0. The highest BCUT2D eigenvalue weighted by molar-refractivity contribution is 5.79. The Morgan fingerprint density at radius 3 is 2.11 bits per heavy atom. The van der Waals surface area contributed by atoms with Gasteiger partial charge in [-0.05, 0) is 79.0 Å². The second kappa shape index (κ2) is 12.9. The van der Waals surface area contributed by atoms with Crippen LogP contribution in [0.4, 0.5) is 4.39 Å². The van der Waals surface area contributed by atoms with Crippen LogP contribution in [0.1, 0.15) is 84.9 Å². The molecule has 1 fully saturated rings. The van der Waals surface area contributed by atoms with Crippen molar-refractivity contribution in [2.45, 2.75) is 97.7 Å². The number of hydrogen-bond acceptors (Lipinski definition) is 5. The first-order chi connectivity index (χ1) is 21.3. The molecule has 0 saturated carbocycles. The average molecular weight is 614 g/mol. The number of benzene rings is 3. The summed E-state index contributed by atoms with van der Waals surface area (Å²) in [5, 5.41) is 9.66. The summed E-state index contributed by atoms with van der Waals surface area (Å²) in [6.45, 7) is 19.5. The number of amides is 1. The van der Waals surface area contributed by atoms with Gasteiger partial charge >= 0.3 is 0 Å². The maximum absolute atomic E-state index is 13.8. The van der Waals surface area contributed by atoms with E-state index in [1.54, 1.807) is 4.80 Å². The number of fused-ring (bicyclic) bond motifs is 1. The third-order valence-corrected chi connectivity index (χ3v) is 9.92. The van der Waals surface area contributed by atoms with Crippen molar-refractivity contribution in [2.75, 3.05) is 19.7 Å². The van der Waals surface area contributed by atoms with Gasteiger partial charge < -0.3 is 9.64 Å². The molecule has 1 saturated heterocycles. The monoisotopic (exact) mass is 613 g/mol. The highest BCUT2D eigenvalue weighted by Gasteiger charge is 2.34. The zero-order valence-corrected chi connectivity index (χ0v) is 28.1. The van der Waals surface area contributed by atoms with E-state index in [4.69, 9.17) is 14.9 Å². The summed E-state index contributed by atoms with van der Waals surface area (Å²) in [6, 6.07) is 19.0. The third kappa shape index (κ3) is 6.91. The predicted molar refractivity (Wildman–Crippen MR) is 178 cm³/mol. The number of aromatic nitrogens is 3. The number of ether oxygens (including phenoxy) is 1. The van der Waals surface area contributed by atoms with Crippen molar-refractivity contribution in [3.05, 3.63) is 83.2 Å². The average Bonchev–Trinajstić information content (AvgIpc) is 3.46. The van der Waals surface area contributed by atoms with Crippen LogP contribution in [0, 0.1) is 5.82 Å². The Kier molecular flexibility index (Phi) is 9.36. The van der Waals surface area contributed by atoms with Gasteiger partial charge in [-0.2, -0.15) is 0 Å². The van der Waals surface area contributed by atoms with Gasteiger partial charge in [-0.15, -0.1) is 15.0 Å². The molecule has 1 amide bonds. The van der Waals surface area contributed by atoms with E-state index in [9.17, 15) is 9.18 Å². The molecule has 0 spiro atoms. The standard InChI is InChI=1S/C37H48FN5O2/c1-9-36(5,6)28-19-30(37(7,8)10-2)35(33(20-28)43-39-31-13-11-12-14-32(31)40-43)45-24-34(44)42-22-25(3)41(21-26(42)4)23-27-15-17-29(38)18-16-27/h11-20,25-26H,9-10,21-24H2,1-8H3. The molecule has 2 heterocycles. The van der Waals surface area contributed by atoms with Crippen molar-refractivity contribution in [1.29, 1.82) is 0 Å². The van der Waals surface area contributed by atoms with Crippen LogP contribution in [0.25, 0.3) is 16.7 Å². The first-order valence-electron chi connectivity index (χ1n) is 16.2. The van der Waals surface area contributed by atoms with Crippen molar-refractivity contribution in [3.8, 4) is 11.4 Å². The molecule has 1 aliphatic heterocycles. The van der Waals surface area contributed by atoms with Gasteiger partial charge in [0.15, 0.2) is 12.4 Å². The van der Waals surface area contributed by atoms with Gasteiger partial charge in [0.25, 0.3) is 5.91 Å². The summed E-state index contributed by atoms with van der Waals surface area (Å²) in [5.41, 5.74) is 5.37. The SMILES string of the molecule is CCC(C)(C)c1cc(-n2nc3ccccc3n2)c(OCC(=O)N2CC(C)N(Cc3ccc(F)cc3)CC2C)c(C(C)(C)CC)c1. The molecule has 8 heteroatoms. The van der Waals surface area contributed by atoms with E-state index in [0.29, 0.717) is 12.3 Å². The molecule has 0 N–H and O–H groups in total. The maximum atomic E-state index is 13.8. The van der Waals surface area contributed by atoms with Crippen LogP contribution in [0.5, 0.6) is 5.75 Å². The zero-order chi connectivity index (χ0) is 32.5. The lowest BCUT2D eigenvalue weighted by Crippen LogP contribution is -2.58. The molecule has 5 rings (SSSR count). The lowest BCUT2D eigenvalue weighted by atomic mass is 9.76. The van der Waals surface area contributed by atoms with Crippen LogP contribution >= 0.6 is 0 Å². The van der Waals surface area contributed by atoms with E-state index in [-0.39, 0.29) is 41.2 Å². The smallest absolute Gasteiger partial charge is 0.260 e. The Hall–Kier alpha value is -3.78. The van der Waals surface area contributed by atoms with Crippen molar-refractivity contribution in [3.63, 3.8) is 0 Å². The first-order valence-corrected chi connectivity index (χ1v) is 16.2. The fourth-order valence-corrected chi connectivity index (χ4v) is 5.98. The molecule has 0 radical (unpaired) electrons. The van der Waals surface area contributed by atoms with Crippen LogP contribution < -0.4 is 4.74 Å². The van der Waals surface area contributed by atoms with Crippen LogP contribution in [-0.4, -0.2) is 62.5 Å². The summed E-state index contributed by atoms with van der Waals surface area (Å²) < 4.78 is 20.0. The van der Waals surface area contributed by atoms with E-state index in [2.05, 4.69) is 72.4 Å². The van der Waals surface area contributed by atoms with Crippen molar-refractivity contribution >= 4 is 16.9 Å². The molecule has 7 nitrogen and oxygen atoms in total. The molecule has 1 aromatic heterocycles. The van der Waals surface area contributed by atoms with Crippen LogP contribution in [0.2, 0.25) is 0 Å². The topological polar surface area (TPSA) is 63.5 Å². The van der Waals surface area contributed by atoms with E-state index in [1.165, 1.54) is 17.7 Å². The fraction of sp³-hybridized carbons (Fsp3) is 0.486. The summed E-state index contributed by atoms with van der Waals surface area (Å²) in [4.78, 5) is 19.8. The Morgan fingerprint density at radius 2 is 1.51 bits per heavy atom. The fourth-order valence-electron chi connectivity index (χ4n) is 5.98. The lowest BCUT2D eigenvalue weighted by molar-refractivity contribution is -0.139. The van der Waals surface area contributed by atoms with Crippen molar-refractivity contribution in [2.24, 2.45) is 0 Å². The number of halogens is 1. The molecule has 3 aromatic carbocycles. The molecular weight excluding hydrogens is 565 g/mol. The van der Waals surface area contributed by atoms with Crippen LogP contribution in [-0.2, 0) is 22.2 Å². The Labute approximate surface area is 267 Å². The summed E-state index contributed by atoms with van der Waals surface area (Å²) in [5.74, 6) is 0.380. The van der Waals surface area contributed by atoms with Gasteiger partial charge in [-0.1, -0.05) is 71.9 Å². The van der Waals surface area contributed by atoms with Crippen LogP contribution in [0.3, 0.4) is 0 Å². The second-order valence-electron chi connectivity index (χ2n) is 13.9. The molecule has 1 aliphatic rings. The van der Waals surface area contributed by atoms with Gasteiger partial charge in [0.1, 0.15) is 22.5 Å². The molecule has 0 aliphatic carbocycles. The van der Waals surface area contributed by atoms with Gasteiger partial charge in [0.2, 0.25) is 0 Å². The number of rotatable bonds is 10. The van der Waals surface area contributed by atoms with E-state index < -0.39 is 0 Å². The quantitative estimate of drug-likeness (QED) is 0.186. The number of nitrogens with zero attached hydrogens (tertiary/aromatic N) is 5. The molecule has 2 unspecified atom stereocenters. The molecule has 2 atom stereocenters. The molecule has 4 aromatic rings. The van der Waals surface area contributed by atoms with Crippen molar-refractivity contribution in [1.82, 2.24) is 24.8 Å². The van der Waals surface area contributed by atoms with E-state index in [1.807, 2.05) is 41.3 Å². The minimum atomic E-state index is -0.232. The normalized spacial score (nSPS) is 18.0. The minimum Gasteiger partial charge on any atom is -0.481 e.